The summed E-state index contributed by atoms with van der Waals surface area (Å²) in [5, 5.41) is 10.3. The van der Waals surface area contributed by atoms with Gasteiger partial charge in [-0.3, -0.25) is 0 Å². The zero-order valence-electron chi connectivity index (χ0n) is 14.6. The first-order valence-electron chi connectivity index (χ1n) is 8.14. The average Bonchev–Trinajstić information content (AvgIpc) is 2.94. The van der Waals surface area contributed by atoms with Crippen LogP contribution in [-0.4, -0.2) is 23.9 Å². The van der Waals surface area contributed by atoms with Crippen LogP contribution in [0.5, 0.6) is 5.75 Å². The van der Waals surface area contributed by atoms with Gasteiger partial charge in [-0.25, -0.2) is 9.79 Å². The van der Waals surface area contributed by atoms with Crippen molar-refractivity contribution in [2.24, 2.45) is 4.99 Å². The van der Waals surface area contributed by atoms with Gasteiger partial charge in [0.15, 0.2) is 5.76 Å². The first-order valence-corrected chi connectivity index (χ1v) is 8.14. The summed E-state index contributed by atoms with van der Waals surface area (Å²) in [6.07, 6.45) is 1.70. The molecule has 0 bridgehead atoms. The molecule has 0 radical (unpaired) electrons. The molecule has 1 heterocycles. The van der Waals surface area contributed by atoms with Gasteiger partial charge >= 0.3 is 5.97 Å². The minimum absolute atomic E-state index is 0.0928. The van der Waals surface area contributed by atoms with Crippen molar-refractivity contribution in [3.8, 4) is 5.75 Å². The highest BCUT2D eigenvalue weighted by atomic mass is 16.5. The highest BCUT2D eigenvalue weighted by Gasteiger charge is 2.27. The van der Waals surface area contributed by atoms with Gasteiger partial charge in [0.1, 0.15) is 23.6 Å². The number of aliphatic hydroxyl groups is 1. The smallest absolute Gasteiger partial charge is 0.343 e. The fourth-order valence-electron chi connectivity index (χ4n) is 2.63. The molecule has 0 aliphatic carbocycles. The molecule has 0 unspecified atom stereocenters. The maximum atomic E-state index is 11.7. The van der Waals surface area contributed by atoms with Gasteiger partial charge in [0.2, 0.25) is 0 Å². The first-order chi connectivity index (χ1) is 12.6. The van der Waals surface area contributed by atoms with Crippen LogP contribution in [0.25, 0.3) is 6.08 Å². The van der Waals surface area contributed by atoms with Crippen LogP contribution in [-0.2, 0) is 16.1 Å². The molecule has 0 fully saturated rings. The van der Waals surface area contributed by atoms with Crippen LogP contribution in [0.15, 0.2) is 76.6 Å². The maximum Gasteiger partial charge on any atom is 0.343 e. The molecule has 0 saturated heterocycles. The summed E-state index contributed by atoms with van der Waals surface area (Å²) in [6, 6.07) is 17.3. The molecule has 0 saturated carbocycles. The van der Waals surface area contributed by atoms with Gasteiger partial charge in [0.25, 0.3) is 0 Å². The van der Waals surface area contributed by atoms with E-state index in [-0.39, 0.29) is 11.3 Å². The van der Waals surface area contributed by atoms with Crippen LogP contribution in [0.3, 0.4) is 0 Å². The number of methoxy groups -OCH3 is 1. The van der Waals surface area contributed by atoms with Gasteiger partial charge in [-0.15, -0.1) is 0 Å². The number of esters is 1. The van der Waals surface area contributed by atoms with E-state index < -0.39 is 5.97 Å². The lowest BCUT2D eigenvalue weighted by molar-refractivity contribution is -0.135. The van der Waals surface area contributed by atoms with Crippen LogP contribution >= 0.6 is 0 Å². The van der Waals surface area contributed by atoms with Crippen molar-refractivity contribution in [3.05, 3.63) is 82.8 Å². The minimum atomic E-state index is -0.605. The van der Waals surface area contributed by atoms with E-state index in [2.05, 4.69) is 9.73 Å². The van der Waals surface area contributed by atoms with Crippen LogP contribution < -0.4 is 4.74 Å². The molecule has 5 nitrogen and oxygen atoms in total. The second-order valence-electron chi connectivity index (χ2n) is 5.79. The van der Waals surface area contributed by atoms with Crippen molar-refractivity contribution < 1.29 is 19.4 Å². The Hall–Kier alpha value is -3.34. The van der Waals surface area contributed by atoms with E-state index >= 15 is 0 Å². The van der Waals surface area contributed by atoms with Gasteiger partial charge in [-0.2, -0.15) is 0 Å². The molecule has 0 atom stereocenters. The standard InChI is InChI=1S/C21H19NO4/c1-14-19(21(24)25-2)20(23)18(22-14)12-16-9-6-10-17(11-16)26-13-15-7-4-3-5-8-15/h3-12,23H,13H2,1-2H3/b18-12+. The molecule has 2 aromatic rings. The van der Waals surface area contributed by atoms with Crippen LogP contribution in [0.4, 0.5) is 0 Å². The number of carbonyl (C=O) groups is 1. The molecule has 1 N–H and O–H groups in total. The second-order valence-corrected chi connectivity index (χ2v) is 5.79. The third kappa shape index (κ3) is 3.83. The molecule has 132 valence electrons. The van der Waals surface area contributed by atoms with Gasteiger partial charge < -0.3 is 14.6 Å². The molecule has 0 spiro atoms. The van der Waals surface area contributed by atoms with E-state index in [0.717, 1.165) is 11.1 Å². The van der Waals surface area contributed by atoms with Gasteiger partial charge in [-0.05, 0) is 36.3 Å². The number of carbonyl (C=O) groups excluding carboxylic acids is 1. The third-order valence-corrected chi connectivity index (χ3v) is 3.93. The fraction of sp³-hybridized carbons (Fsp3) is 0.143. The number of nitrogens with zero attached hydrogens (tertiary/aromatic N) is 1. The fourth-order valence-corrected chi connectivity index (χ4v) is 2.63. The third-order valence-electron chi connectivity index (χ3n) is 3.93. The van der Waals surface area contributed by atoms with Crippen LogP contribution in [0, 0.1) is 0 Å². The predicted molar refractivity (Wildman–Crippen MR) is 100.0 cm³/mol. The van der Waals surface area contributed by atoms with Crippen molar-refractivity contribution in [3.63, 3.8) is 0 Å². The highest BCUT2D eigenvalue weighted by Crippen LogP contribution is 2.27. The van der Waals surface area contributed by atoms with E-state index in [1.807, 2.05) is 54.6 Å². The molecule has 26 heavy (non-hydrogen) atoms. The normalized spacial score (nSPS) is 15.2. The summed E-state index contributed by atoms with van der Waals surface area (Å²) in [5.41, 5.74) is 2.73. The molecule has 1 aliphatic rings. The zero-order valence-corrected chi connectivity index (χ0v) is 14.6. The topological polar surface area (TPSA) is 68.1 Å². The number of hydrogen-bond acceptors (Lipinski definition) is 5. The Balaban J connectivity index is 1.79. The van der Waals surface area contributed by atoms with Crippen LogP contribution in [0.1, 0.15) is 18.1 Å². The minimum Gasteiger partial charge on any atom is -0.505 e. The van der Waals surface area contributed by atoms with Crippen molar-refractivity contribution in [2.75, 3.05) is 7.11 Å². The molecule has 1 aliphatic heterocycles. The molecule has 0 aromatic heterocycles. The van der Waals surface area contributed by atoms with Crippen molar-refractivity contribution in [1.29, 1.82) is 0 Å². The zero-order chi connectivity index (χ0) is 18.5. The van der Waals surface area contributed by atoms with Crippen molar-refractivity contribution in [1.82, 2.24) is 0 Å². The van der Waals surface area contributed by atoms with E-state index in [1.54, 1.807) is 13.0 Å². The lowest BCUT2D eigenvalue weighted by atomic mass is 10.1. The monoisotopic (exact) mass is 349 g/mol. The first kappa shape index (κ1) is 17.5. The highest BCUT2D eigenvalue weighted by molar-refractivity contribution is 6.21. The molecule has 0 amide bonds. The summed E-state index contributed by atoms with van der Waals surface area (Å²) >= 11 is 0. The van der Waals surface area contributed by atoms with Crippen molar-refractivity contribution >= 4 is 17.8 Å². The lowest BCUT2D eigenvalue weighted by Gasteiger charge is -2.07. The lowest BCUT2D eigenvalue weighted by Crippen LogP contribution is -2.11. The number of ether oxygens (including phenoxy) is 2. The van der Waals surface area contributed by atoms with E-state index in [4.69, 9.17) is 4.74 Å². The predicted octanol–water partition coefficient (Wildman–Crippen LogP) is 4.07. The number of hydrogen-bond donors (Lipinski definition) is 1. The Bertz CT molecular complexity index is 911. The summed E-state index contributed by atoms with van der Waals surface area (Å²) in [4.78, 5) is 16.0. The maximum absolute atomic E-state index is 11.7. The summed E-state index contributed by atoms with van der Waals surface area (Å²) in [5.74, 6) is -0.0735. The summed E-state index contributed by atoms with van der Waals surface area (Å²) < 4.78 is 10.5. The summed E-state index contributed by atoms with van der Waals surface area (Å²) in [6.45, 7) is 2.12. The van der Waals surface area contributed by atoms with Crippen LogP contribution in [0.2, 0.25) is 0 Å². The van der Waals surface area contributed by atoms with E-state index in [1.165, 1.54) is 7.11 Å². The molecular formula is C21H19NO4. The Morgan fingerprint density at radius 3 is 2.65 bits per heavy atom. The summed E-state index contributed by atoms with van der Waals surface area (Å²) in [7, 11) is 1.27. The largest absolute Gasteiger partial charge is 0.505 e. The Labute approximate surface area is 151 Å². The van der Waals surface area contributed by atoms with Gasteiger partial charge in [0.05, 0.1) is 12.8 Å². The average molecular weight is 349 g/mol. The Morgan fingerprint density at radius 2 is 1.92 bits per heavy atom. The number of benzene rings is 2. The Morgan fingerprint density at radius 1 is 1.15 bits per heavy atom. The van der Waals surface area contributed by atoms with E-state index in [0.29, 0.717) is 23.8 Å². The number of aliphatic hydroxyl groups excluding tert-OH is 1. The number of rotatable bonds is 5. The number of aliphatic imine (C=N–C) groups is 1. The van der Waals surface area contributed by atoms with Gasteiger partial charge in [0, 0.05) is 0 Å². The Kier molecular flexibility index (Phi) is 5.17. The SMILES string of the molecule is COC(=O)C1=C(O)/C(=C\c2cccc(OCc3ccccc3)c2)N=C1C. The molecule has 5 heteroatoms. The second kappa shape index (κ2) is 7.70. The van der Waals surface area contributed by atoms with Crippen molar-refractivity contribution in [2.45, 2.75) is 13.5 Å². The molecule has 3 rings (SSSR count). The molecular weight excluding hydrogens is 330 g/mol. The molecule has 2 aromatic carbocycles. The van der Waals surface area contributed by atoms with Gasteiger partial charge in [-0.1, -0.05) is 42.5 Å². The quantitative estimate of drug-likeness (QED) is 0.827. The van der Waals surface area contributed by atoms with E-state index in [9.17, 15) is 9.90 Å².